The first-order valence-electron chi connectivity index (χ1n) is 12.3. The summed E-state index contributed by atoms with van der Waals surface area (Å²) in [5.41, 5.74) is 1.68. The predicted molar refractivity (Wildman–Crippen MR) is 134 cm³/mol. The van der Waals surface area contributed by atoms with Gasteiger partial charge in [-0.05, 0) is 31.7 Å². The predicted octanol–water partition coefficient (Wildman–Crippen LogP) is 4.40. The number of pyridine rings is 1. The highest BCUT2D eigenvalue weighted by Gasteiger charge is 2.42. The molecule has 2 fully saturated rings. The summed E-state index contributed by atoms with van der Waals surface area (Å²) in [7, 11) is 1.66. The molecule has 2 aliphatic heterocycles. The van der Waals surface area contributed by atoms with Gasteiger partial charge in [0.1, 0.15) is 5.82 Å². The van der Waals surface area contributed by atoms with Crippen LogP contribution in [-0.2, 0) is 17.5 Å². The Morgan fingerprint density at radius 1 is 1.25 bits per heavy atom. The summed E-state index contributed by atoms with van der Waals surface area (Å²) in [6.45, 7) is 12.0. The Morgan fingerprint density at radius 2 is 1.97 bits per heavy atom. The molecule has 4 rings (SSSR count). The lowest BCUT2D eigenvalue weighted by molar-refractivity contribution is -0.141. The highest BCUT2D eigenvalue weighted by molar-refractivity contribution is 5.74. The number of piperidine rings is 1. The smallest absolute Gasteiger partial charge is 0.389 e. The summed E-state index contributed by atoms with van der Waals surface area (Å²) >= 11 is 0. The minimum Gasteiger partial charge on any atom is -0.389 e. The molecule has 1 N–H and O–H groups in total. The number of alkyl halides is 3. The number of anilines is 2. The molecule has 7 nitrogen and oxygen atoms in total. The van der Waals surface area contributed by atoms with Crippen molar-refractivity contribution in [3.63, 3.8) is 0 Å². The van der Waals surface area contributed by atoms with E-state index in [4.69, 9.17) is 4.74 Å². The molecule has 10 heteroatoms. The Labute approximate surface area is 209 Å². The topological polar surface area (TPSA) is 66.7 Å². The van der Waals surface area contributed by atoms with E-state index in [0.717, 1.165) is 18.4 Å². The van der Waals surface area contributed by atoms with Gasteiger partial charge in [-0.15, -0.1) is 6.58 Å². The fraction of sp³-hybridized carbons (Fsp3) is 0.538. The lowest BCUT2D eigenvalue weighted by Gasteiger charge is -2.48. The number of β-amino-alcohol motifs (C(OH)–C–C–N with tert-alkyl or cyclic N) is 1. The van der Waals surface area contributed by atoms with Crippen LogP contribution in [-0.4, -0.2) is 65.4 Å². The van der Waals surface area contributed by atoms with Crippen LogP contribution in [0, 0.1) is 6.92 Å². The number of aliphatic hydroxyl groups excluding tert-OH is 1. The van der Waals surface area contributed by atoms with E-state index in [1.165, 1.54) is 11.8 Å². The van der Waals surface area contributed by atoms with Gasteiger partial charge in [-0.1, -0.05) is 18.7 Å². The molecule has 0 aromatic carbocycles. The Kier molecular flexibility index (Phi) is 7.75. The third-order valence-electron chi connectivity index (χ3n) is 7.23. The van der Waals surface area contributed by atoms with Gasteiger partial charge in [0, 0.05) is 50.0 Å². The standard InChI is InChI=1S/C26H34F3N5O2/c1-5-7-20-22(35)16-33(20)21-14-23(31-25(19(21)6-2)26(27,28)29)32-10-8-18(9-11-32)24-17(3)15-30-34(24)12-13-36-4/h5-6,14-15,18,20,22,35H,1-2,7-13,16H2,3-4H3/t20-,22-/m0/s1. The molecular weight excluding hydrogens is 471 g/mol. The van der Waals surface area contributed by atoms with E-state index in [2.05, 4.69) is 23.2 Å². The Balaban J connectivity index is 1.62. The van der Waals surface area contributed by atoms with Crippen molar-refractivity contribution >= 4 is 17.6 Å². The van der Waals surface area contributed by atoms with Crippen molar-refractivity contribution in [2.24, 2.45) is 0 Å². The van der Waals surface area contributed by atoms with E-state index in [9.17, 15) is 18.3 Å². The highest BCUT2D eigenvalue weighted by Crippen LogP contribution is 2.42. The highest BCUT2D eigenvalue weighted by atomic mass is 19.4. The summed E-state index contributed by atoms with van der Waals surface area (Å²) in [6, 6.07) is 1.39. The average Bonchev–Trinajstić information content (AvgIpc) is 3.23. The number of hydrogen-bond acceptors (Lipinski definition) is 6. The van der Waals surface area contributed by atoms with Crippen molar-refractivity contribution in [1.29, 1.82) is 0 Å². The zero-order valence-corrected chi connectivity index (χ0v) is 20.8. The second-order valence-electron chi connectivity index (χ2n) is 9.47. The number of aryl methyl sites for hydroxylation is 1. The monoisotopic (exact) mass is 505 g/mol. The van der Waals surface area contributed by atoms with Gasteiger partial charge in [0.2, 0.25) is 0 Å². The third-order valence-corrected chi connectivity index (χ3v) is 7.23. The van der Waals surface area contributed by atoms with Crippen LogP contribution in [0.2, 0.25) is 0 Å². The lowest BCUT2D eigenvalue weighted by atomic mass is 9.91. The molecule has 0 aliphatic carbocycles. The van der Waals surface area contributed by atoms with E-state index in [1.54, 1.807) is 24.2 Å². The van der Waals surface area contributed by atoms with Crippen LogP contribution in [0.25, 0.3) is 6.08 Å². The number of hydrogen-bond donors (Lipinski definition) is 1. The number of halogens is 3. The van der Waals surface area contributed by atoms with Gasteiger partial charge < -0.3 is 19.6 Å². The quantitative estimate of drug-likeness (QED) is 0.510. The molecular formula is C26H34F3N5O2. The molecule has 0 saturated carbocycles. The molecule has 2 aromatic rings. The molecule has 0 unspecified atom stereocenters. The maximum absolute atomic E-state index is 14.1. The number of nitrogens with zero attached hydrogens (tertiary/aromatic N) is 5. The second kappa shape index (κ2) is 10.6. The van der Waals surface area contributed by atoms with Crippen LogP contribution in [0.1, 0.15) is 47.7 Å². The van der Waals surface area contributed by atoms with Gasteiger partial charge in [0.05, 0.1) is 37.2 Å². The summed E-state index contributed by atoms with van der Waals surface area (Å²) in [5, 5.41) is 14.7. The van der Waals surface area contributed by atoms with Gasteiger partial charge in [-0.3, -0.25) is 4.68 Å². The van der Waals surface area contributed by atoms with Crippen LogP contribution in [0.3, 0.4) is 0 Å². The van der Waals surface area contributed by atoms with Crippen molar-refractivity contribution in [2.75, 3.05) is 43.2 Å². The summed E-state index contributed by atoms with van der Waals surface area (Å²) < 4.78 is 49.4. The van der Waals surface area contributed by atoms with Gasteiger partial charge in [-0.25, -0.2) is 4.98 Å². The van der Waals surface area contributed by atoms with Gasteiger partial charge in [0.25, 0.3) is 0 Å². The Bertz CT molecular complexity index is 1090. The number of ether oxygens (including phenoxy) is 1. The Morgan fingerprint density at radius 3 is 2.56 bits per heavy atom. The third kappa shape index (κ3) is 5.01. The molecule has 0 spiro atoms. The molecule has 0 radical (unpaired) electrons. The fourth-order valence-corrected chi connectivity index (χ4v) is 5.36. The van der Waals surface area contributed by atoms with E-state index in [0.29, 0.717) is 44.2 Å². The molecule has 36 heavy (non-hydrogen) atoms. The van der Waals surface area contributed by atoms with Crippen LogP contribution < -0.4 is 9.80 Å². The van der Waals surface area contributed by atoms with E-state index in [-0.39, 0.29) is 24.1 Å². The molecule has 2 atom stereocenters. The molecule has 4 heterocycles. The molecule has 2 aromatic heterocycles. The van der Waals surface area contributed by atoms with Crippen LogP contribution in [0.15, 0.2) is 31.5 Å². The van der Waals surface area contributed by atoms with Crippen molar-refractivity contribution in [1.82, 2.24) is 14.8 Å². The van der Waals surface area contributed by atoms with Crippen LogP contribution in [0.5, 0.6) is 0 Å². The fourth-order valence-electron chi connectivity index (χ4n) is 5.36. The summed E-state index contributed by atoms with van der Waals surface area (Å²) in [5.74, 6) is 0.557. The number of aromatic nitrogens is 3. The second-order valence-corrected chi connectivity index (χ2v) is 9.47. The average molecular weight is 506 g/mol. The van der Waals surface area contributed by atoms with Crippen molar-refractivity contribution in [2.45, 2.75) is 57.0 Å². The number of aliphatic hydroxyl groups is 1. The molecule has 2 saturated heterocycles. The van der Waals surface area contributed by atoms with E-state index >= 15 is 0 Å². The van der Waals surface area contributed by atoms with Crippen molar-refractivity contribution in [3.8, 4) is 0 Å². The zero-order valence-electron chi connectivity index (χ0n) is 20.8. The number of methoxy groups -OCH3 is 1. The first-order valence-corrected chi connectivity index (χ1v) is 12.3. The maximum atomic E-state index is 14.1. The minimum absolute atomic E-state index is 0.0558. The largest absolute Gasteiger partial charge is 0.434 e. The summed E-state index contributed by atoms with van der Waals surface area (Å²) in [4.78, 5) is 7.80. The van der Waals surface area contributed by atoms with E-state index in [1.807, 2.05) is 22.7 Å². The molecule has 196 valence electrons. The normalized spacial score (nSPS) is 20.9. The van der Waals surface area contributed by atoms with Crippen LogP contribution >= 0.6 is 0 Å². The van der Waals surface area contributed by atoms with Gasteiger partial charge in [-0.2, -0.15) is 18.3 Å². The molecule has 0 amide bonds. The van der Waals surface area contributed by atoms with Crippen molar-refractivity contribution in [3.05, 3.63) is 54.0 Å². The minimum atomic E-state index is -4.63. The Hall–Kier alpha value is -2.85. The first-order chi connectivity index (χ1) is 17.2. The molecule has 0 bridgehead atoms. The summed E-state index contributed by atoms with van der Waals surface area (Å²) in [6.07, 6.45) is 1.52. The van der Waals surface area contributed by atoms with Crippen LogP contribution in [0.4, 0.5) is 24.7 Å². The van der Waals surface area contributed by atoms with Crippen molar-refractivity contribution < 1.29 is 23.0 Å². The zero-order chi connectivity index (χ0) is 26.0. The van der Waals surface area contributed by atoms with Gasteiger partial charge >= 0.3 is 6.18 Å². The SMILES string of the molecule is C=CC[C@H]1[C@@H](O)CN1c1cc(N2CCC(c3c(C)cnn3CCOC)CC2)nc(C(F)(F)F)c1C=C. The first kappa shape index (κ1) is 26.2. The number of rotatable bonds is 9. The van der Waals surface area contributed by atoms with E-state index < -0.39 is 18.0 Å². The lowest BCUT2D eigenvalue weighted by Crippen LogP contribution is -2.60. The maximum Gasteiger partial charge on any atom is 0.434 e. The van der Waals surface area contributed by atoms with Gasteiger partial charge in [0.15, 0.2) is 5.69 Å². The molecule has 2 aliphatic rings.